The average molecular weight is 429 g/mol. The maximum atomic E-state index is 12.3. The summed E-state index contributed by atoms with van der Waals surface area (Å²) in [5.41, 5.74) is 6.39. The van der Waals surface area contributed by atoms with Crippen molar-refractivity contribution in [3.05, 3.63) is 90.3 Å². The lowest BCUT2D eigenvalue weighted by Crippen LogP contribution is -2.20. The molecule has 1 N–H and O–H groups in total. The summed E-state index contributed by atoms with van der Waals surface area (Å²) in [6, 6.07) is 21.6. The van der Waals surface area contributed by atoms with Gasteiger partial charge in [-0.15, -0.1) is 10.2 Å². The monoisotopic (exact) mass is 428 g/mol. The molecular formula is C23H20N6OS. The van der Waals surface area contributed by atoms with Crippen molar-refractivity contribution in [2.45, 2.75) is 12.1 Å². The minimum atomic E-state index is -0.232. The Labute approximate surface area is 184 Å². The molecule has 31 heavy (non-hydrogen) atoms. The third kappa shape index (κ3) is 5.23. The van der Waals surface area contributed by atoms with Gasteiger partial charge in [-0.25, -0.2) is 5.43 Å². The van der Waals surface area contributed by atoms with Gasteiger partial charge in [-0.2, -0.15) is 5.10 Å². The summed E-state index contributed by atoms with van der Waals surface area (Å²) in [5.74, 6) is 0.648. The SMILES string of the molecule is Cc1ccc(-n2c(SCC(=O)N/N=C\c3cccnc3)nnc2-c2ccccc2)cc1. The standard InChI is InChI=1S/C23H20N6OS/c1-17-9-11-20(12-10-17)29-22(19-7-3-2-4-8-19)27-28-23(29)31-16-21(30)26-25-15-18-6-5-13-24-14-18/h2-15H,16H2,1H3,(H,26,30)/b25-15-. The van der Waals surface area contributed by atoms with Gasteiger partial charge in [-0.3, -0.25) is 14.3 Å². The Hall–Kier alpha value is -3.78. The Kier molecular flexibility index (Phi) is 6.49. The van der Waals surface area contributed by atoms with Gasteiger partial charge in [0.25, 0.3) is 5.91 Å². The summed E-state index contributed by atoms with van der Waals surface area (Å²) >= 11 is 1.31. The molecule has 0 saturated carbocycles. The molecule has 1 amide bonds. The van der Waals surface area contributed by atoms with Gasteiger partial charge >= 0.3 is 0 Å². The number of amides is 1. The van der Waals surface area contributed by atoms with E-state index in [4.69, 9.17) is 0 Å². The topological polar surface area (TPSA) is 85.1 Å². The molecule has 0 atom stereocenters. The number of hydrazone groups is 1. The number of nitrogens with zero attached hydrogens (tertiary/aromatic N) is 5. The van der Waals surface area contributed by atoms with E-state index < -0.39 is 0 Å². The molecule has 4 aromatic rings. The first-order chi connectivity index (χ1) is 15.2. The minimum Gasteiger partial charge on any atom is -0.272 e. The van der Waals surface area contributed by atoms with Gasteiger partial charge in [0.2, 0.25) is 0 Å². The van der Waals surface area contributed by atoms with E-state index in [9.17, 15) is 4.79 Å². The molecule has 2 heterocycles. The molecule has 0 aliphatic rings. The highest BCUT2D eigenvalue weighted by atomic mass is 32.2. The van der Waals surface area contributed by atoms with Gasteiger partial charge in [0.15, 0.2) is 11.0 Å². The molecule has 0 radical (unpaired) electrons. The summed E-state index contributed by atoms with van der Waals surface area (Å²) in [7, 11) is 0. The third-order valence-electron chi connectivity index (χ3n) is 4.38. The van der Waals surface area contributed by atoms with Gasteiger partial charge in [0.05, 0.1) is 12.0 Å². The summed E-state index contributed by atoms with van der Waals surface area (Å²) in [6.07, 6.45) is 4.90. The van der Waals surface area contributed by atoms with Crippen LogP contribution in [0.4, 0.5) is 0 Å². The second-order valence-corrected chi connectivity index (χ2v) is 7.65. The molecule has 0 aliphatic heterocycles. The van der Waals surface area contributed by atoms with E-state index in [-0.39, 0.29) is 11.7 Å². The molecule has 2 aromatic carbocycles. The molecule has 0 bridgehead atoms. The number of benzene rings is 2. The summed E-state index contributed by atoms with van der Waals surface area (Å²) < 4.78 is 1.96. The van der Waals surface area contributed by atoms with Crippen LogP contribution in [0.2, 0.25) is 0 Å². The van der Waals surface area contributed by atoms with E-state index in [1.54, 1.807) is 24.7 Å². The Morgan fingerprint density at radius 3 is 2.61 bits per heavy atom. The fourth-order valence-electron chi connectivity index (χ4n) is 2.86. The molecule has 0 unspecified atom stereocenters. The van der Waals surface area contributed by atoms with E-state index in [0.29, 0.717) is 5.16 Å². The van der Waals surface area contributed by atoms with E-state index in [2.05, 4.69) is 25.7 Å². The van der Waals surface area contributed by atoms with Crippen LogP contribution in [-0.4, -0.2) is 37.6 Å². The lowest BCUT2D eigenvalue weighted by atomic mass is 10.2. The van der Waals surface area contributed by atoms with E-state index in [1.807, 2.05) is 72.2 Å². The first kappa shape index (κ1) is 20.5. The van der Waals surface area contributed by atoms with Gasteiger partial charge in [0, 0.05) is 29.2 Å². The van der Waals surface area contributed by atoms with Crippen LogP contribution in [0.15, 0.2) is 89.4 Å². The number of rotatable bonds is 7. The largest absolute Gasteiger partial charge is 0.272 e. The third-order valence-corrected chi connectivity index (χ3v) is 5.31. The molecule has 0 spiro atoms. The predicted octanol–water partition coefficient (Wildman–Crippen LogP) is 3.88. The maximum absolute atomic E-state index is 12.3. The zero-order valence-electron chi connectivity index (χ0n) is 16.8. The molecule has 7 nitrogen and oxygen atoms in total. The molecule has 8 heteroatoms. The van der Waals surface area contributed by atoms with Gasteiger partial charge < -0.3 is 0 Å². The Morgan fingerprint density at radius 2 is 1.87 bits per heavy atom. The number of pyridine rings is 1. The normalized spacial score (nSPS) is 11.0. The number of carbonyl (C=O) groups excluding carboxylic acids is 1. The molecule has 2 aromatic heterocycles. The molecular weight excluding hydrogens is 408 g/mol. The van der Waals surface area contributed by atoms with Crippen LogP contribution in [0.25, 0.3) is 17.1 Å². The van der Waals surface area contributed by atoms with Crippen LogP contribution in [0, 0.1) is 6.92 Å². The van der Waals surface area contributed by atoms with Crippen molar-refractivity contribution in [3.8, 4) is 17.1 Å². The molecule has 154 valence electrons. The summed E-state index contributed by atoms with van der Waals surface area (Å²) in [5, 5.41) is 13.3. The number of thioether (sulfide) groups is 1. The fourth-order valence-corrected chi connectivity index (χ4v) is 3.60. The van der Waals surface area contributed by atoms with Crippen molar-refractivity contribution in [2.24, 2.45) is 5.10 Å². The number of hydrogen-bond acceptors (Lipinski definition) is 6. The number of aryl methyl sites for hydroxylation is 1. The second kappa shape index (κ2) is 9.82. The Bertz CT molecular complexity index is 1170. The van der Waals surface area contributed by atoms with Gasteiger partial charge in [0.1, 0.15) is 0 Å². The molecule has 0 fully saturated rings. The fraction of sp³-hybridized carbons (Fsp3) is 0.0870. The van der Waals surface area contributed by atoms with E-state index in [0.717, 1.165) is 28.2 Å². The van der Waals surface area contributed by atoms with Crippen molar-refractivity contribution in [1.29, 1.82) is 0 Å². The average Bonchev–Trinajstić information content (AvgIpc) is 3.23. The molecule has 0 aliphatic carbocycles. The number of hydrogen-bond donors (Lipinski definition) is 1. The van der Waals surface area contributed by atoms with Gasteiger partial charge in [-0.05, 0) is 25.1 Å². The minimum absolute atomic E-state index is 0.156. The lowest BCUT2D eigenvalue weighted by Gasteiger charge is -2.10. The van der Waals surface area contributed by atoms with Crippen LogP contribution in [-0.2, 0) is 4.79 Å². The van der Waals surface area contributed by atoms with E-state index in [1.165, 1.54) is 11.8 Å². The first-order valence-corrected chi connectivity index (χ1v) is 10.6. The quantitative estimate of drug-likeness (QED) is 0.274. The molecule has 0 saturated heterocycles. The van der Waals surface area contributed by atoms with Crippen LogP contribution < -0.4 is 5.43 Å². The van der Waals surface area contributed by atoms with Crippen LogP contribution in [0.1, 0.15) is 11.1 Å². The van der Waals surface area contributed by atoms with Gasteiger partial charge in [-0.1, -0.05) is 65.9 Å². The first-order valence-electron chi connectivity index (χ1n) is 9.63. The summed E-state index contributed by atoms with van der Waals surface area (Å²) in [6.45, 7) is 2.04. The summed E-state index contributed by atoms with van der Waals surface area (Å²) in [4.78, 5) is 16.3. The van der Waals surface area contributed by atoms with Crippen molar-refractivity contribution in [1.82, 2.24) is 25.2 Å². The van der Waals surface area contributed by atoms with Crippen molar-refractivity contribution in [3.63, 3.8) is 0 Å². The second-order valence-electron chi connectivity index (χ2n) is 6.71. The van der Waals surface area contributed by atoms with Crippen LogP contribution in [0.5, 0.6) is 0 Å². The van der Waals surface area contributed by atoms with Crippen molar-refractivity contribution < 1.29 is 4.79 Å². The highest BCUT2D eigenvalue weighted by Crippen LogP contribution is 2.28. The smallest absolute Gasteiger partial charge is 0.250 e. The lowest BCUT2D eigenvalue weighted by molar-refractivity contribution is -0.118. The van der Waals surface area contributed by atoms with E-state index >= 15 is 0 Å². The molecule has 4 rings (SSSR count). The van der Waals surface area contributed by atoms with Crippen LogP contribution >= 0.6 is 11.8 Å². The van der Waals surface area contributed by atoms with Crippen molar-refractivity contribution >= 4 is 23.9 Å². The Morgan fingerprint density at radius 1 is 1.06 bits per heavy atom. The highest BCUT2D eigenvalue weighted by molar-refractivity contribution is 7.99. The maximum Gasteiger partial charge on any atom is 0.250 e. The zero-order chi connectivity index (χ0) is 21.5. The Balaban J connectivity index is 1.51. The number of carbonyl (C=O) groups is 1. The number of nitrogens with one attached hydrogen (secondary N) is 1. The number of aromatic nitrogens is 4. The van der Waals surface area contributed by atoms with Crippen molar-refractivity contribution in [2.75, 3.05) is 5.75 Å². The van der Waals surface area contributed by atoms with Crippen LogP contribution in [0.3, 0.4) is 0 Å². The highest BCUT2D eigenvalue weighted by Gasteiger charge is 2.17. The zero-order valence-corrected chi connectivity index (χ0v) is 17.7. The predicted molar refractivity (Wildman–Crippen MR) is 122 cm³/mol.